The molecule has 12 heteroatoms. The summed E-state index contributed by atoms with van der Waals surface area (Å²) in [5.41, 5.74) is -4.47. The molecule has 0 saturated carbocycles. The van der Waals surface area contributed by atoms with E-state index in [0.717, 1.165) is 28.8 Å². The number of carbonyl (C=O) groups excluding carboxylic acids is 2. The number of hydrogen-bond acceptors (Lipinski definition) is 4. The second-order valence-corrected chi connectivity index (χ2v) is 7.27. The van der Waals surface area contributed by atoms with Crippen molar-refractivity contribution in [3.05, 3.63) is 98.7 Å². The molecule has 0 spiro atoms. The van der Waals surface area contributed by atoms with E-state index in [1.807, 2.05) is 0 Å². The van der Waals surface area contributed by atoms with E-state index in [2.05, 4.69) is 0 Å². The number of para-hydroxylation sites is 2. The third-order valence-electron chi connectivity index (χ3n) is 4.91. The van der Waals surface area contributed by atoms with E-state index < -0.39 is 57.0 Å². The molecule has 6 nitrogen and oxygen atoms in total. The van der Waals surface area contributed by atoms with Gasteiger partial charge in [-0.05, 0) is 36.4 Å². The second-order valence-electron chi connectivity index (χ2n) is 6.86. The number of carboxylic acid groups (broad SMARTS) is 1. The number of carbonyl (C=O) groups is 2. The summed E-state index contributed by atoms with van der Waals surface area (Å²) in [5.74, 6) is -4.13. The van der Waals surface area contributed by atoms with E-state index in [0.29, 0.717) is 16.7 Å². The van der Waals surface area contributed by atoms with E-state index in [1.165, 1.54) is 24.3 Å². The van der Waals surface area contributed by atoms with Gasteiger partial charge in [-0.2, -0.15) is 13.2 Å². The van der Waals surface area contributed by atoms with Crippen LogP contribution in [-0.4, -0.2) is 21.0 Å². The molecule has 0 atom stereocenters. The molecule has 34 heavy (non-hydrogen) atoms. The predicted octanol–water partition coefficient (Wildman–Crippen LogP) is 0.659. The average Bonchev–Trinajstić information content (AvgIpc) is 3.04. The summed E-state index contributed by atoms with van der Waals surface area (Å²) in [6.07, 6.45) is -4.94. The molecular formula is C22H10ClF4N2NaO4. The molecular weight excluding hydrogens is 491 g/mol. The third-order valence-corrected chi connectivity index (χ3v) is 5.22. The Labute approximate surface area is 215 Å². The van der Waals surface area contributed by atoms with Gasteiger partial charge in [-0.15, -0.1) is 0 Å². The van der Waals surface area contributed by atoms with E-state index in [4.69, 9.17) is 11.6 Å². The number of rotatable bonds is 3. The van der Waals surface area contributed by atoms with E-state index in [9.17, 15) is 37.1 Å². The molecule has 0 bridgehead atoms. The van der Waals surface area contributed by atoms with Gasteiger partial charge in [0.1, 0.15) is 5.82 Å². The topological polar surface area (TPSA) is 84.1 Å². The zero-order chi connectivity index (χ0) is 24.1. The van der Waals surface area contributed by atoms with Gasteiger partial charge in [0.2, 0.25) is 0 Å². The quantitative estimate of drug-likeness (QED) is 0.306. The smallest absolute Gasteiger partial charge is 0.545 e. The number of halogens is 5. The number of carboxylic acids is 1. The largest absolute Gasteiger partial charge is 1.00 e. The zero-order valence-corrected chi connectivity index (χ0v) is 19.9. The standard InChI is InChI=1S/C22H11ClF4N2O4.Na/c23-13-5-3-4-12(22(25,26)27)18(13)19(30)29-17-7-2-1-6-16(17)28(21(29)33)15-9-8-11(20(31)32)10-14(15)24;/h1-10H,(H,31,32);/q;+1/p-1. The van der Waals surface area contributed by atoms with Crippen LogP contribution in [0.25, 0.3) is 16.7 Å². The molecule has 4 aromatic rings. The van der Waals surface area contributed by atoms with Crippen LogP contribution in [0.3, 0.4) is 0 Å². The molecule has 0 radical (unpaired) electrons. The van der Waals surface area contributed by atoms with Crippen LogP contribution >= 0.6 is 11.6 Å². The number of aromatic nitrogens is 2. The van der Waals surface area contributed by atoms with Crippen LogP contribution in [0.5, 0.6) is 0 Å². The van der Waals surface area contributed by atoms with Crippen molar-refractivity contribution in [3.8, 4) is 5.69 Å². The Morgan fingerprint density at radius 2 is 1.59 bits per heavy atom. The summed E-state index contributed by atoms with van der Waals surface area (Å²) in [6, 6.07) is 10.9. The fraction of sp³-hybridized carbons (Fsp3) is 0.0455. The number of fused-ring (bicyclic) bond motifs is 1. The maximum atomic E-state index is 14.7. The normalized spacial score (nSPS) is 11.3. The summed E-state index contributed by atoms with van der Waals surface area (Å²) in [7, 11) is 0. The van der Waals surface area contributed by atoms with Gasteiger partial charge in [0.15, 0.2) is 0 Å². The fourth-order valence-corrected chi connectivity index (χ4v) is 3.74. The third kappa shape index (κ3) is 4.29. The van der Waals surface area contributed by atoms with Crippen LogP contribution in [0.4, 0.5) is 17.6 Å². The van der Waals surface area contributed by atoms with Gasteiger partial charge in [0.25, 0.3) is 5.91 Å². The van der Waals surface area contributed by atoms with Gasteiger partial charge >= 0.3 is 41.4 Å². The Bertz CT molecular complexity index is 1510. The molecule has 0 amide bonds. The molecule has 0 aliphatic carbocycles. The van der Waals surface area contributed by atoms with Gasteiger partial charge in [-0.25, -0.2) is 13.8 Å². The number of benzene rings is 3. The summed E-state index contributed by atoms with van der Waals surface area (Å²) < 4.78 is 56.5. The number of alkyl halides is 3. The van der Waals surface area contributed by atoms with Crippen LogP contribution in [-0.2, 0) is 6.18 Å². The number of imidazole rings is 1. The molecule has 0 aliphatic heterocycles. The van der Waals surface area contributed by atoms with Gasteiger partial charge < -0.3 is 9.90 Å². The fourth-order valence-electron chi connectivity index (χ4n) is 3.48. The first-order chi connectivity index (χ1) is 15.5. The number of hydrogen-bond donors (Lipinski definition) is 0. The Morgan fingerprint density at radius 3 is 2.18 bits per heavy atom. The number of nitrogens with zero attached hydrogens (tertiary/aromatic N) is 2. The monoisotopic (exact) mass is 500 g/mol. The Balaban J connectivity index is 0.00000324. The summed E-state index contributed by atoms with van der Waals surface area (Å²) >= 11 is 5.92. The van der Waals surface area contributed by atoms with Gasteiger partial charge in [-0.3, -0.25) is 9.36 Å². The molecule has 3 aromatic carbocycles. The van der Waals surface area contributed by atoms with Crippen molar-refractivity contribution >= 4 is 34.5 Å². The maximum absolute atomic E-state index is 14.7. The Morgan fingerprint density at radius 1 is 0.941 bits per heavy atom. The van der Waals surface area contributed by atoms with Crippen molar-refractivity contribution in [2.24, 2.45) is 0 Å². The molecule has 0 N–H and O–H groups in total. The van der Waals surface area contributed by atoms with Gasteiger partial charge in [0.05, 0.1) is 38.8 Å². The molecule has 0 unspecified atom stereocenters. The van der Waals surface area contributed by atoms with Gasteiger partial charge in [0, 0.05) is 5.56 Å². The van der Waals surface area contributed by atoms with Crippen molar-refractivity contribution in [2.75, 3.05) is 0 Å². The molecule has 0 saturated heterocycles. The maximum Gasteiger partial charge on any atom is 1.00 e. The first kappa shape index (κ1) is 25.7. The molecule has 168 valence electrons. The van der Waals surface area contributed by atoms with Crippen LogP contribution in [0.15, 0.2) is 65.5 Å². The summed E-state index contributed by atoms with van der Waals surface area (Å²) in [4.78, 5) is 37.4. The molecule has 4 rings (SSSR count). The average molecular weight is 501 g/mol. The summed E-state index contributed by atoms with van der Waals surface area (Å²) in [5, 5.41) is 10.5. The van der Waals surface area contributed by atoms with E-state index in [1.54, 1.807) is 0 Å². The number of aromatic carboxylic acids is 1. The zero-order valence-electron chi connectivity index (χ0n) is 17.2. The van der Waals surface area contributed by atoms with E-state index in [-0.39, 0.29) is 40.6 Å². The van der Waals surface area contributed by atoms with E-state index >= 15 is 0 Å². The van der Waals surface area contributed by atoms with Crippen LogP contribution in [0.2, 0.25) is 5.02 Å². The molecule has 0 aliphatic rings. The predicted molar refractivity (Wildman–Crippen MR) is 108 cm³/mol. The minimum absolute atomic E-state index is 0. The minimum atomic E-state index is -4.94. The van der Waals surface area contributed by atoms with Crippen molar-refractivity contribution in [1.29, 1.82) is 0 Å². The SMILES string of the molecule is O=C([O-])c1ccc(-n2c(=O)n(C(=O)c3c(Cl)cccc3C(F)(F)F)c3ccccc32)c(F)c1.[Na+]. The molecule has 1 heterocycles. The minimum Gasteiger partial charge on any atom is -0.545 e. The van der Waals surface area contributed by atoms with Crippen molar-refractivity contribution < 1.29 is 61.8 Å². The Kier molecular flexibility index (Phi) is 7.09. The summed E-state index contributed by atoms with van der Waals surface area (Å²) in [6.45, 7) is 0. The molecule has 1 aromatic heterocycles. The van der Waals surface area contributed by atoms with Gasteiger partial charge in [-0.1, -0.05) is 35.9 Å². The first-order valence-corrected chi connectivity index (χ1v) is 9.54. The van der Waals surface area contributed by atoms with Crippen molar-refractivity contribution in [3.63, 3.8) is 0 Å². The van der Waals surface area contributed by atoms with Crippen LogP contribution in [0.1, 0.15) is 26.3 Å². The molecule has 0 fully saturated rings. The first-order valence-electron chi connectivity index (χ1n) is 9.16. The second kappa shape index (κ2) is 9.38. The van der Waals surface area contributed by atoms with Crippen molar-refractivity contribution in [2.45, 2.75) is 6.18 Å². The van der Waals surface area contributed by atoms with Crippen LogP contribution in [0, 0.1) is 5.82 Å². The van der Waals surface area contributed by atoms with Crippen molar-refractivity contribution in [1.82, 2.24) is 9.13 Å². The Hall–Kier alpha value is -2.92. The van der Waals surface area contributed by atoms with Crippen LogP contribution < -0.4 is 40.4 Å².